The summed E-state index contributed by atoms with van der Waals surface area (Å²) in [4.78, 5) is 13.6. The van der Waals surface area contributed by atoms with Gasteiger partial charge < -0.3 is 9.64 Å². The molecule has 3 rings (SSSR count). The van der Waals surface area contributed by atoms with E-state index < -0.39 is 0 Å². The number of hydrogen-bond donors (Lipinski definition) is 0. The van der Waals surface area contributed by atoms with Gasteiger partial charge in [0.05, 0.1) is 0 Å². The van der Waals surface area contributed by atoms with Crippen molar-refractivity contribution in [3.8, 4) is 5.75 Å². The third-order valence-corrected chi connectivity index (χ3v) is 5.55. The highest BCUT2D eigenvalue weighted by atomic mass is 35.5. The highest BCUT2D eigenvalue weighted by Gasteiger charge is 2.13. The van der Waals surface area contributed by atoms with Crippen LogP contribution in [0, 0.1) is 0 Å². The van der Waals surface area contributed by atoms with Gasteiger partial charge in [-0.05, 0) is 42.0 Å². The van der Waals surface area contributed by atoms with Crippen molar-refractivity contribution in [1.82, 2.24) is 19.7 Å². The van der Waals surface area contributed by atoms with Crippen LogP contribution in [-0.2, 0) is 18.9 Å². The lowest BCUT2D eigenvalue weighted by Gasteiger charge is -2.11. The first-order valence-electron chi connectivity index (χ1n) is 9.32. The molecule has 156 valence electrons. The van der Waals surface area contributed by atoms with E-state index in [1.807, 2.05) is 41.0 Å². The maximum Gasteiger partial charge on any atom is 0.253 e. The van der Waals surface area contributed by atoms with Crippen molar-refractivity contribution in [3.05, 3.63) is 83.2 Å². The molecule has 0 spiro atoms. The molecule has 0 unspecified atom stereocenters. The molecule has 0 radical (unpaired) electrons. The number of carbonyl (C=O) groups is 1. The minimum absolute atomic E-state index is 0.00902. The summed E-state index contributed by atoms with van der Waals surface area (Å²) in [5, 5.41) is 10.0. The van der Waals surface area contributed by atoms with Crippen molar-refractivity contribution in [1.29, 1.82) is 0 Å². The van der Waals surface area contributed by atoms with Gasteiger partial charge >= 0.3 is 0 Å². The average molecular weight is 443 g/mol. The minimum atomic E-state index is -0.00902. The Kier molecular flexibility index (Phi) is 7.54. The van der Waals surface area contributed by atoms with E-state index in [0.717, 1.165) is 16.5 Å². The summed E-state index contributed by atoms with van der Waals surface area (Å²) in [6, 6.07) is 14.8. The number of halogens is 1. The van der Waals surface area contributed by atoms with Gasteiger partial charge in [0.15, 0.2) is 11.0 Å². The van der Waals surface area contributed by atoms with Crippen molar-refractivity contribution >= 4 is 29.3 Å². The van der Waals surface area contributed by atoms with E-state index in [1.54, 1.807) is 49.0 Å². The third-order valence-electron chi connectivity index (χ3n) is 4.26. The van der Waals surface area contributed by atoms with Gasteiger partial charge in [-0.25, -0.2) is 0 Å². The lowest BCUT2D eigenvalue weighted by Crippen LogP contribution is -2.21. The first-order chi connectivity index (χ1) is 14.5. The molecular formula is C22H23ClN4O2S. The van der Waals surface area contributed by atoms with Crippen LogP contribution in [0.3, 0.4) is 0 Å². The zero-order valence-electron chi connectivity index (χ0n) is 16.9. The Bertz CT molecular complexity index is 1000. The van der Waals surface area contributed by atoms with Crippen LogP contribution in [0.25, 0.3) is 0 Å². The van der Waals surface area contributed by atoms with Gasteiger partial charge in [-0.1, -0.05) is 41.6 Å². The maximum absolute atomic E-state index is 12.0. The summed E-state index contributed by atoms with van der Waals surface area (Å²) in [6.07, 6.45) is 1.81. The van der Waals surface area contributed by atoms with E-state index in [0.29, 0.717) is 35.2 Å². The van der Waals surface area contributed by atoms with Gasteiger partial charge in [0.2, 0.25) is 0 Å². The molecule has 0 aliphatic heterocycles. The number of allylic oxidation sites excluding steroid dienone is 1. The number of carbonyl (C=O) groups excluding carboxylic acids is 1. The van der Waals surface area contributed by atoms with E-state index in [9.17, 15) is 4.79 Å². The molecule has 30 heavy (non-hydrogen) atoms. The fraction of sp³-hybridized carbons (Fsp3) is 0.227. The molecule has 2 aromatic carbocycles. The second-order valence-electron chi connectivity index (χ2n) is 6.73. The average Bonchev–Trinajstić information content (AvgIpc) is 3.13. The molecule has 1 heterocycles. The predicted octanol–water partition coefficient (Wildman–Crippen LogP) is 4.69. The van der Waals surface area contributed by atoms with Crippen LogP contribution in [-0.4, -0.2) is 39.7 Å². The van der Waals surface area contributed by atoms with Crippen molar-refractivity contribution in [2.75, 3.05) is 14.1 Å². The number of thioether (sulfide) groups is 1. The Labute approximate surface area is 185 Å². The van der Waals surface area contributed by atoms with Crippen molar-refractivity contribution in [2.45, 2.75) is 24.1 Å². The molecule has 1 aromatic heterocycles. The van der Waals surface area contributed by atoms with Crippen LogP contribution < -0.4 is 4.74 Å². The van der Waals surface area contributed by atoms with Gasteiger partial charge in [0, 0.05) is 37.0 Å². The molecule has 0 aliphatic rings. The Morgan fingerprint density at radius 2 is 1.87 bits per heavy atom. The maximum atomic E-state index is 12.0. The number of aromatic nitrogens is 3. The molecule has 0 fully saturated rings. The van der Waals surface area contributed by atoms with E-state index >= 15 is 0 Å². The summed E-state index contributed by atoms with van der Waals surface area (Å²) >= 11 is 7.49. The monoisotopic (exact) mass is 442 g/mol. The summed E-state index contributed by atoms with van der Waals surface area (Å²) in [6.45, 7) is 4.71. The standard InChI is InChI=1S/C22H23ClN4O2S/c1-4-13-27-20(14-29-19-11-9-18(23)10-12-19)24-25-22(27)30-15-16-5-7-17(8-6-16)21(28)26(2)3/h4-12H,1,13-15H2,2-3H3. The molecule has 1 amide bonds. The second-order valence-corrected chi connectivity index (χ2v) is 8.10. The molecule has 0 bridgehead atoms. The van der Waals surface area contributed by atoms with Crippen LogP contribution in [0.1, 0.15) is 21.7 Å². The Morgan fingerprint density at radius 3 is 2.50 bits per heavy atom. The molecule has 0 atom stereocenters. The van der Waals surface area contributed by atoms with Gasteiger partial charge in [0.25, 0.3) is 5.91 Å². The fourth-order valence-corrected chi connectivity index (χ4v) is 3.72. The van der Waals surface area contributed by atoms with Gasteiger partial charge in [-0.15, -0.1) is 16.8 Å². The zero-order valence-corrected chi connectivity index (χ0v) is 18.5. The third kappa shape index (κ3) is 5.64. The number of amides is 1. The zero-order chi connectivity index (χ0) is 21.5. The molecule has 0 N–H and O–H groups in total. The highest BCUT2D eigenvalue weighted by Crippen LogP contribution is 2.23. The van der Waals surface area contributed by atoms with Crippen LogP contribution in [0.5, 0.6) is 5.75 Å². The Hall–Kier alpha value is -2.77. The normalized spacial score (nSPS) is 10.6. The molecule has 0 aliphatic carbocycles. The number of hydrogen-bond acceptors (Lipinski definition) is 5. The van der Waals surface area contributed by atoms with Gasteiger partial charge in [0.1, 0.15) is 12.4 Å². The molecule has 8 heteroatoms. The molecule has 0 saturated heterocycles. The summed E-state index contributed by atoms with van der Waals surface area (Å²) in [5.41, 5.74) is 1.77. The highest BCUT2D eigenvalue weighted by molar-refractivity contribution is 7.98. The van der Waals surface area contributed by atoms with Crippen molar-refractivity contribution in [2.24, 2.45) is 0 Å². The van der Waals surface area contributed by atoms with Crippen LogP contribution in [0.4, 0.5) is 0 Å². The SMILES string of the molecule is C=CCn1c(COc2ccc(Cl)cc2)nnc1SCc1ccc(C(=O)N(C)C)cc1. The topological polar surface area (TPSA) is 60.2 Å². The van der Waals surface area contributed by atoms with Crippen LogP contribution in [0.15, 0.2) is 66.3 Å². The Balaban J connectivity index is 1.65. The van der Waals surface area contributed by atoms with E-state index in [-0.39, 0.29) is 5.91 Å². The summed E-state index contributed by atoms with van der Waals surface area (Å²) < 4.78 is 7.79. The predicted molar refractivity (Wildman–Crippen MR) is 120 cm³/mol. The molecular weight excluding hydrogens is 420 g/mol. The van der Waals surface area contributed by atoms with Crippen molar-refractivity contribution < 1.29 is 9.53 Å². The van der Waals surface area contributed by atoms with Gasteiger partial charge in [-0.2, -0.15) is 0 Å². The minimum Gasteiger partial charge on any atom is -0.486 e. The quantitative estimate of drug-likeness (QED) is 0.355. The first-order valence-corrected chi connectivity index (χ1v) is 10.7. The number of rotatable bonds is 9. The Morgan fingerprint density at radius 1 is 1.17 bits per heavy atom. The lowest BCUT2D eigenvalue weighted by molar-refractivity contribution is 0.0827. The first kappa shape index (κ1) is 21.9. The van der Waals surface area contributed by atoms with E-state index in [2.05, 4.69) is 16.8 Å². The number of nitrogens with zero attached hydrogens (tertiary/aromatic N) is 4. The van der Waals surface area contributed by atoms with Crippen LogP contribution in [0.2, 0.25) is 5.02 Å². The molecule has 6 nitrogen and oxygen atoms in total. The molecule has 0 saturated carbocycles. The second kappa shape index (κ2) is 10.3. The van der Waals surface area contributed by atoms with Gasteiger partial charge in [-0.3, -0.25) is 9.36 Å². The van der Waals surface area contributed by atoms with E-state index in [4.69, 9.17) is 16.3 Å². The fourth-order valence-electron chi connectivity index (χ4n) is 2.67. The smallest absolute Gasteiger partial charge is 0.253 e. The van der Waals surface area contributed by atoms with Crippen molar-refractivity contribution in [3.63, 3.8) is 0 Å². The van der Waals surface area contributed by atoms with Crippen LogP contribution >= 0.6 is 23.4 Å². The lowest BCUT2D eigenvalue weighted by atomic mass is 10.1. The largest absolute Gasteiger partial charge is 0.486 e. The summed E-state index contributed by atoms with van der Waals surface area (Å²) in [7, 11) is 3.49. The van der Waals surface area contributed by atoms with E-state index in [1.165, 1.54) is 0 Å². The molecule has 3 aromatic rings. The number of ether oxygens (including phenoxy) is 1. The number of benzene rings is 2. The summed E-state index contributed by atoms with van der Waals surface area (Å²) in [5.74, 6) is 2.14.